The quantitative estimate of drug-likeness (QED) is 0.716. The van der Waals surface area contributed by atoms with Gasteiger partial charge in [-0.25, -0.2) is 0 Å². The Bertz CT molecular complexity index is 807. The van der Waals surface area contributed by atoms with E-state index < -0.39 is 0 Å². The lowest BCUT2D eigenvalue weighted by Crippen LogP contribution is -2.43. The summed E-state index contributed by atoms with van der Waals surface area (Å²) in [6.07, 6.45) is 2.31. The van der Waals surface area contributed by atoms with Crippen molar-refractivity contribution in [2.45, 2.75) is 31.9 Å². The first kappa shape index (κ1) is 20.9. The van der Waals surface area contributed by atoms with E-state index in [9.17, 15) is 4.79 Å². The van der Waals surface area contributed by atoms with Crippen molar-refractivity contribution in [1.29, 1.82) is 0 Å². The minimum absolute atomic E-state index is 0.0134. The Balaban J connectivity index is 1.33. The number of furan rings is 1. The fourth-order valence-corrected chi connectivity index (χ4v) is 3.89. The van der Waals surface area contributed by atoms with Gasteiger partial charge in [0, 0.05) is 31.8 Å². The average molecular weight is 415 g/mol. The van der Waals surface area contributed by atoms with Gasteiger partial charge in [-0.3, -0.25) is 9.69 Å². The predicted molar refractivity (Wildman–Crippen MR) is 112 cm³/mol. The van der Waals surface area contributed by atoms with Gasteiger partial charge in [0.05, 0.1) is 25.4 Å². The summed E-state index contributed by atoms with van der Waals surface area (Å²) >= 11 is 0. The summed E-state index contributed by atoms with van der Waals surface area (Å²) in [5.41, 5.74) is 0.607. The van der Waals surface area contributed by atoms with Gasteiger partial charge in [-0.05, 0) is 56.2 Å². The molecule has 2 atom stereocenters. The first-order chi connectivity index (χ1) is 14.7. The summed E-state index contributed by atoms with van der Waals surface area (Å²) in [4.78, 5) is 15.0. The maximum atomic E-state index is 12.7. The van der Waals surface area contributed by atoms with Gasteiger partial charge in [-0.15, -0.1) is 0 Å². The number of carbonyl (C=O) groups is 1. The zero-order chi connectivity index (χ0) is 20.8. The second-order valence-electron chi connectivity index (χ2n) is 7.79. The summed E-state index contributed by atoms with van der Waals surface area (Å²) in [5.74, 6) is 2.38. The Labute approximate surface area is 177 Å². The standard InChI is InChI=1S/C23H30N2O5/c1-17-4-9-22(30-17)21(25-10-13-27-14-11-25)15-24-23(26)18-5-7-19(8-6-18)29-16-20-3-2-12-28-20/h4-9,20-21H,2-3,10-16H2,1H3,(H,24,26). The topological polar surface area (TPSA) is 73.2 Å². The molecule has 1 aromatic carbocycles. The third kappa shape index (κ3) is 5.41. The number of benzene rings is 1. The third-order valence-electron chi connectivity index (χ3n) is 5.61. The highest BCUT2D eigenvalue weighted by atomic mass is 16.5. The number of nitrogens with one attached hydrogen (secondary N) is 1. The van der Waals surface area contributed by atoms with Crippen molar-refractivity contribution in [3.63, 3.8) is 0 Å². The van der Waals surface area contributed by atoms with Gasteiger partial charge < -0.3 is 23.9 Å². The molecule has 0 spiro atoms. The number of morpholine rings is 1. The van der Waals surface area contributed by atoms with E-state index in [4.69, 9.17) is 18.6 Å². The fraction of sp³-hybridized carbons (Fsp3) is 0.522. The zero-order valence-corrected chi connectivity index (χ0v) is 17.5. The molecular formula is C23H30N2O5. The molecule has 0 aliphatic carbocycles. The molecular weight excluding hydrogens is 384 g/mol. The maximum Gasteiger partial charge on any atom is 0.251 e. The second-order valence-corrected chi connectivity index (χ2v) is 7.79. The van der Waals surface area contributed by atoms with Gasteiger partial charge in [0.1, 0.15) is 23.9 Å². The van der Waals surface area contributed by atoms with Crippen molar-refractivity contribution < 1.29 is 23.4 Å². The number of carbonyl (C=O) groups excluding carboxylic acids is 1. The van der Waals surface area contributed by atoms with Crippen LogP contribution in [-0.4, -0.2) is 63.0 Å². The van der Waals surface area contributed by atoms with E-state index in [-0.39, 0.29) is 18.1 Å². The van der Waals surface area contributed by atoms with E-state index >= 15 is 0 Å². The van der Waals surface area contributed by atoms with Crippen molar-refractivity contribution in [3.8, 4) is 5.75 Å². The average Bonchev–Trinajstić information content (AvgIpc) is 3.45. The number of hydrogen-bond donors (Lipinski definition) is 1. The maximum absolute atomic E-state index is 12.7. The molecule has 2 aliphatic heterocycles. The van der Waals surface area contributed by atoms with E-state index in [0.29, 0.717) is 31.9 Å². The normalized spacial score (nSPS) is 20.8. The summed E-state index contributed by atoms with van der Waals surface area (Å²) in [5, 5.41) is 3.06. The van der Waals surface area contributed by atoms with Crippen LogP contribution in [0.3, 0.4) is 0 Å². The van der Waals surface area contributed by atoms with Crippen LogP contribution in [0.4, 0.5) is 0 Å². The molecule has 4 rings (SSSR count). The molecule has 2 unspecified atom stereocenters. The first-order valence-electron chi connectivity index (χ1n) is 10.7. The van der Waals surface area contributed by atoms with E-state index in [2.05, 4.69) is 10.2 Å². The molecule has 0 bridgehead atoms. The minimum atomic E-state index is -0.109. The molecule has 2 fully saturated rings. The first-order valence-corrected chi connectivity index (χ1v) is 10.7. The molecule has 2 aliphatic rings. The third-order valence-corrected chi connectivity index (χ3v) is 5.61. The van der Waals surface area contributed by atoms with Crippen molar-refractivity contribution in [1.82, 2.24) is 10.2 Å². The molecule has 2 saturated heterocycles. The van der Waals surface area contributed by atoms with Crippen molar-refractivity contribution >= 4 is 5.91 Å². The van der Waals surface area contributed by atoms with Crippen molar-refractivity contribution in [3.05, 3.63) is 53.5 Å². The van der Waals surface area contributed by atoms with Crippen LogP contribution in [0.1, 0.15) is 40.8 Å². The van der Waals surface area contributed by atoms with E-state index in [1.165, 1.54) is 0 Å². The molecule has 3 heterocycles. The molecule has 2 aromatic rings. The smallest absolute Gasteiger partial charge is 0.251 e. The van der Waals surface area contributed by atoms with E-state index in [1.807, 2.05) is 31.2 Å². The highest BCUT2D eigenvalue weighted by Crippen LogP contribution is 2.23. The molecule has 1 N–H and O–H groups in total. The van der Waals surface area contributed by atoms with Gasteiger partial charge in [0.2, 0.25) is 0 Å². The highest BCUT2D eigenvalue weighted by molar-refractivity contribution is 5.94. The van der Waals surface area contributed by atoms with Crippen LogP contribution >= 0.6 is 0 Å². The molecule has 1 amide bonds. The van der Waals surface area contributed by atoms with Crippen LogP contribution in [0.15, 0.2) is 40.8 Å². The van der Waals surface area contributed by atoms with Crippen molar-refractivity contribution in [2.24, 2.45) is 0 Å². The summed E-state index contributed by atoms with van der Waals surface area (Å²) < 4.78 is 22.7. The summed E-state index contributed by atoms with van der Waals surface area (Å²) in [7, 11) is 0. The van der Waals surface area contributed by atoms with Crippen LogP contribution in [0.25, 0.3) is 0 Å². The summed E-state index contributed by atoms with van der Waals surface area (Å²) in [6.45, 7) is 6.79. The Kier molecular flexibility index (Phi) is 7.04. The predicted octanol–water partition coefficient (Wildman–Crippen LogP) is 2.95. The van der Waals surface area contributed by atoms with Crippen LogP contribution in [0, 0.1) is 6.92 Å². The van der Waals surface area contributed by atoms with Crippen LogP contribution in [0.2, 0.25) is 0 Å². The molecule has 1 aromatic heterocycles. The Hall–Kier alpha value is -2.35. The van der Waals surface area contributed by atoms with Crippen LogP contribution in [0.5, 0.6) is 5.75 Å². The molecule has 162 valence electrons. The Morgan fingerprint density at radius 2 is 1.97 bits per heavy atom. The van der Waals surface area contributed by atoms with Gasteiger partial charge >= 0.3 is 0 Å². The Morgan fingerprint density at radius 1 is 1.17 bits per heavy atom. The molecule has 30 heavy (non-hydrogen) atoms. The summed E-state index contributed by atoms with van der Waals surface area (Å²) in [6, 6.07) is 11.2. The highest BCUT2D eigenvalue weighted by Gasteiger charge is 2.26. The zero-order valence-electron chi connectivity index (χ0n) is 17.5. The number of rotatable bonds is 8. The number of nitrogens with zero attached hydrogens (tertiary/aromatic N) is 1. The number of aryl methyl sites for hydroxylation is 1. The Morgan fingerprint density at radius 3 is 2.63 bits per heavy atom. The number of hydrogen-bond acceptors (Lipinski definition) is 6. The van der Waals surface area contributed by atoms with E-state index in [1.54, 1.807) is 12.1 Å². The van der Waals surface area contributed by atoms with Crippen molar-refractivity contribution in [2.75, 3.05) is 46.1 Å². The monoisotopic (exact) mass is 414 g/mol. The molecule has 7 nitrogen and oxygen atoms in total. The SMILES string of the molecule is Cc1ccc(C(CNC(=O)c2ccc(OCC3CCCO3)cc2)N2CCOCC2)o1. The lowest BCUT2D eigenvalue weighted by atomic mass is 10.1. The lowest BCUT2D eigenvalue weighted by Gasteiger charge is -2.33. The molecule has 7 heteroatoms. The number of amides is 1. The fourth-order valence-electron chi connectivity index (χ4n) is 3.89. The van der Waals surface area contributed by atoms with Gasteiger partial charge in [0.25, 0.3) is 5.91 Å². The van der Waals surface area contributed by atoms with Crippen LogP contribution < -0.4 is 10.1 Å². The van der Waals surface area contributed by atoms with Gasteiger partial charge in [0.15, 0.2) is 0 Å². The molecule has 0 radical (unpaired) electrons. The lowest BCUT2D eigenvalue weighted by molar-refractivity contribution is 0.0117. The molecule has 0 saturated carbocycles. The largest absolute Gasteiger partial charge is 0.491 e. The van der Waals surface area contributed by atoms with Gasteiger partial charge in [-0.2, -0.15) is 0 Å². The second kappa shape index (κ2) is 10.1. The van der Waals surface area contributed by atoms with E-state index in [0.717, 1.165) is 49.8 Å². The van der Waals surface area contributed by atoms with Crippen LogP contribution in [-0.2, 0) is 9.47 Å². The number of ether oxygens (including phenoxy) is 3. The minimum Gasteiger partial charge on any atom is -0.491 e. The van der Waals surface area contributed by atoms with Gasteiger partial charge in [-0.1, -0.05) is 0 Å².